The van der Waals surface area contributed by atoms with Gasteiger partial charge in [-0.15, -0.1) is 0 Å². The molecule has 0 aliphatic rings. The molecule has 0 bridgehead atoms. The first-order valence-corrected chi connectivity index (χ1v) is 10.0. The second-order valence-electron chi connectivity index (χ2n) is 7.39. The fourth-order valence-electron chi connectivity index (χ4n) is 2.96. The van der Waals surface area contributed by atoms with Gasteiger partial charge in [0.25, 0.3) is 0 Å². The minimum absolute atomic E-state index is 0.0626. The van der Waals surface area contributed by atoms with Crippen molar-refractivity contribution in [3.63, 3.8) is 0 Å². The predicted octanol–water partition coefficient (Wildman–Crippen LogP) is 5.88. The summed E-state index contributed by atoms with van der Waals surface area (Å²) in [6, 6.07) is 9.77. The molecular formula is C21H30INO3. The number of amides is 1. The average Bonchev–Trinajstić information content (AvgIpc) is 2.55. The quantitative estimate of drug-likeness (QED) is 0.293. The van der Waals surface area contributed by atoms with Crippen molar-refractivity contribution in [1.29, 1.82) is 0 Å². The molecule has 0 aliphatic heterocycles. The van der Waals surface area contributed by atoms with Gasteiger partial charge in [0.05, 0.1) is 19.3 Å². The summed E-state index contributed by atoms with van der Waals surface area (Å²) in [5.74, 6) is 0.0626. The van der Waals surface area contributed by atoms with Crippen LogP contribution in [0.2, 0.25) is 0 Å². The summed E-state index contributed by atoms with van der Waals surface area (Å²) in [6.07, 6.45) is 3.12. The molecule has 0 heterocycles. The highest BCUT2D eigenvalue weighted by Gasteiger charge is 2.36. The van der Waals surface area contributed by atoms with Gasteiger partial charge in [-0.25, -0.2) is 4.79 Å². The van der Waals surface area contributed by atoms with Crippen molar-refractivity contribution >= 4 is 28.7 Å². The largest absolute Gasteiger partial charge is 0.465 e. The lowest BCUT2D eigenvalue weighted by Gasteiger charge is -2.42. The van der Waals surface area contributed by atoms with Crippen LogP contribution in [-0.4, -0.2) is 34.3 Å². The summed E-state index contributed by atoms with van der Waals surface area (Å²) in [7, 11) is 0. The average molecular weight is 471 g/mol. The van der Waals surface area contributed by atoms with Gasteiger partial charge in [-0.3, -0.25) is 4.90 Å². The Labute approximate surface area is 171 Å². The zero-order valence-corrected chi connectivity index (χ0v) is 18.4. The number of carboxylic acid groups (broad SMARTS) is 1. The summed E-state index contributed by atoms with van der Waals surface area (Å²) in [6.45, 7) is 10.8. The highest BCUT2D eigenvalue weighted by Crippen LogP contribution is 2.28. The van der Waals surface area contributed by atoms with Gasteiger partial charge in [-0.1, -0.05) is 77.6 Å². The van der Waals surface area contributed by atoms with Gasteiger partial charge < -0.3 is 9.84 Å². The Bertz CT molecular complexity index is 620. The summed E-state index contributed by atoms with van der Waals surface area (Å²) in [5, 5.41) is 9.81. The molecule has 26 heavy (non-hydrogen) atoms. The van der Waals surface area contributed by atoms with Crippen LogP contribution in [-0.2, 0) is 11.3 Å². The second-order valence-corrected chi connectivity index (χ2v) is 8.11. The Kier molecular flexibility index (Phi) is 9.36. The normalized spacial score (nSPS) is 15.1. The summed E-state index contributed by atoms with van der Waals surface area (Å²) >= 11 is 2.17. The third-order valence-electron chi connectivity index (χ3n) is 4.18. The molecule has 1 amide bonds. The van der Waals surface area contributed by atoms with Crippen molar-refractivity contribution in [3.8, 4) is 0 Å². The summed E-state index contributed by atoms with van der Waals surface area (Å²) in [5.41, 5.74) is 1.62. The molecule has 1 N–H and O–H groups in total. The minimum Gasteiger partial charge on any atom is -0.465 e. The van der Waals surface area contributed by atoms with Crippen molar-refractivity contribution in [3.05, 3.63) is 57.7 Å². The number of benzene rings is 1. The molecule has 0 spiro atoms. The zero-order valence-electron chi connectivity index (χ0n) is 16.3. The summed E-state index contributed by atoms with van der Waals surface area (Å²) in [4.78, 5) is 13.5. The molecular weight excluding hydrogens is 441 g/mol. The van der Waals surface area contributed by atoms with Crippen LogP contribution in [0.15, 0.2) is 52.1 Å². The van der Waals surface area contributed by atoms with Gasteiger partial charge in [0.2, 0.25) is 0 Å². The van der Waals surface area contributed by atoms with Crippen molar-refractivity contribution in [2.75, 3.05) is 6.61 Å². The number of carbonyl (C=O) groups is 1. The van der Waals surface area contributed by atoms with E-state index in [0.717, 1.165) is 11.1 Å². The van der Waals surface area contributed by atoms with Crippen LogP contribution < -0.4 is 0 Å². The van der Waals surface area contributed by atoms with E-state index < -0.39 is 11.6 Å². The Morgan fingerprint density at radius 3 is 2.42 bits per heavy atom. The number of hydrogen-bond donors (Lipinski definition) is 1. The van der Waals surface area contributed by atoms with Gasteiger partial charge in [-0.05, 0) is 43.3 Å². The molecule has 1 aromatic carbocycles. The Morgan fingerprint density at radius 1 is 1.31 bits per heavy atom. The minimum atomic E-state index is -0.908. The highest BCUT2D eigenvalue weighted by molar-refractivity contribution is 14.1. The van der Waals surface area contributed by atoms with Crippen molar-refractivity contribution in [1.82, 2.24) is 4.90 Å². The van der Waals surface area contributed by atoms with E-state index in [-0.39, 0.29) is 12.0 Å². The monoisotopic (exact) mass is 471 g/mol. The summed E-state index contributed by atoms with van der Waals surface area (Å²) < 4.78 is 7.69. The number of rotatable bonds is 8. The van der Waals surface area contributed by atoms with Gasteiger partial charge in [-0.2, -0.15) is 0 Å². The van der Waals surface area contributed by atoms with Crippen molar-refractivity contribution in [2.45, 2.75) is 52.8 Å². The lowest BCUT2D eigenvalue weighted by Crippen LogP contribution is -2.53. The third kappa shape index (κ3) is 7.11. The number of halogens is 1. The molecule has 0 fully saturated rings. The van der Waals surface area contributed by atoms with Crippen LogP contribution in [0.5, 0.6) is 0 Å². The van der Waals surface area contributed by atoms with Crippen LogP contribution in [0, 0.1) is 5.92 Å². The molecule has 0 saturated carbocycles. The standard InChI is InChI=1S/C21H30INO3/c1-16(11-13-22)19(23(20(24)25)21(3,4)5)17(2)12-14-26-15-18-9-7-6-8-10-18/h6-13,16,19H,14-15H2,1-5H3,(H,24,25)/b13-11+,17-12+/t16-,19-/m0/s1. The van der Waals surface area contributed by atoms with E-state index in [2.05, 4.69) is 22.6 Å². The smallest absolute Gasteiger partial charge is 0.408 e. The second kappa shape index (κ2) is 10.7. The number of hydrogen-bond acceptors (Lipinski definition) is 2. The first-order valence-electron chi connectivity index (χ1n) is 8.76. The Morgan fingerprint density at radius 2 is 1.92 bits per heavy atom. The lowest BCUT2D eigenvalue weighted by atomic mass is 9.90. The van der Waals surface area contributed by atoms with E-state index in [1.54, 1.807) is 0 Å². The third-order valence-corrected chi connectivity index (χ3v) is 4.60. The molecule has 1 rings (SSSR count). The Balaban J connectivity index is 2.92. The van der Waals surface area contributed by atoms with E-state index in [1.165, 1.54) is 4.90 Å². The van der Waals surface area contributed by atoms with E-state index >= 15 is 0 Å². The maximum absolute atomic E-state index is 12.0. The predicted molar refractivity (Wildman–Crippen MR) is 116 cm³/mol. The molecule has 5 heteroatoms. The van der Waals surface area contributed by atoms with Crippen LogP contribution in [0.1, 0.15) is 40.2 Å². The molecule has 144 valence electrons. The van der Waals surface area contributed by atoms with Crippen LogP contribution in [0.25, 0.3) is 0 Å². The van der Waals surface area contributed by atoms with Gasteiger partial charge >= 0.3 is 6.09 Å². The van der Waals surface area contributed by atoms with Crippen LogP contribution in [0.4, 0.5) is 4.79 Å². The van der Waals surface area contributed by atoms with E-state index in [4.69, 9.17) is 4.74 Å². The van der Waals surface area contributed by atoms with Crippen LogP contribution >= 0.6 is 22.6 Å². The van der Waals surface area contributed by atoms with Gasteiger partial charge in [0.1, 0.15) is 0 Å². The molecule has 2 atom stereocenters. The molecule has 1 aromatic rings. The molecule has 0 saturated heterocycles. The van der Waals surface area contributed by atoms with E-state index in [0.29, 0.717) is 13.2 Å². The molecule has 0 radical (unpaired) electrons. The van der Waals surface area contributed by atoms with E-state index in [1.807, 2.05) is 81.2 Å². The molecule has 4 nitrogen and oxygen atoms in total. The zero-order chi connectivity index (χ0) is 19.7. The number of nitrogens with zero attached hydrogens (tertiary/aromatic N) is 1. The first-order chi connectivity index (χ1) is 12.2. The SMILES string of the molecule is C/C(=C\COCc1ccccc1)[C@H]([C@@H](C)/C=C/I)N(C(=O)O)C(C)(C)C. The van der Waals surface area contributed by atoms with Gasteiger partial charge in [0, 0.05) is 5.54 Å². The van der Waals surface area contributed by atoms with Gasteiger partial charge in [0.15, 0.2) is 0 Å². The lowest BCUT2D eigenvalue weighted by molar-refractivity contribution is 0.0694. The van der Waals surface area contributed by atoms with E-state index in [9.17, 15) is 9.90 Å². The molecule has 0 unspecified atom stereocenters. The topological polar surface area (TPSA) is 49.8 Å². The fourth-order valence-corrected chi connectivity index (χ4v) is 3.61. The fraction of sp³-hybridized carbons (Fsp3) is 0.476. The Hall–Kier alpha value is -1.34. The number of ether oxygens (including phenoxy) is 1. The molecule has 0 aromatic heterocycles. The van der Waals surface area contributed by atoms with Crippen molar-refractivity contribution < 1.29 is 14.6 Å². The van der Waals surface area contributed by atoms with Crippen LogP contribution in [0.3, 0.4) is 0 Å². The van der Waals surface area contributed by atoms with Crippen molar-refractivity contribution in [2.24, 2.45) is 5.92 Å². The first kappa shape index (κ1) is 22.7. The molecule has 0 aliphatic carbocycles. The maximum atomic E-state index is 12.0. The maximum Gasteiger partial charge on any atom is 0.408 e. The highest BCUT2D eigenvalue weighted by atomic mass is 127.